The molecule has 1 saturated carbocycles. The normalized spacial score (nSPS) is 19.9. The van der Waals surface area contributed by atoms with E-state index in [0.29, 0.717) is 18.8 Å². The molecule has 2 fully saturated rings. The van der Waals surface area contributed by atoms with Crippen LogP contribution in [0, 0.1) is 18.3 Å². The topological polar surface area (TPSA) is 116 Å². The van der Waals surface area contributed by atoms with Crippen LogP contribution in [0.15, 0.2) is 72.0 Å². The Balaban J connectivity index is 1.14. The van der Waals surface area contributed by atoms with E-state index >= 15 is 0 Å². The number of hydrogen-bond donors (Lipinski definition) is 2. The standard InChI is InChI=1S/C41H47BrN6O4/c1-9-11-30-20-21-32(48(30)39(50)52-41(6,7)8)37-43-23-31(44-37)28-16-12-26(13-17-28)27-14-18-29(19-15-27)35-36(42)46-34(45-35)24-47(33-22-25(33)10-2)38(49)51-40(3,4)5/h1,10,12-19,23,25,30,32-33H,2,11,20-22,24H2,3-8H3,(H,43,44)(H,45,46). The van der Waals surface area contributed by atoms with E-state index in [-0.39, 0.29) is 36.2 Å². The van der Waals surface area contributed by atoms with Crippen molar-refractivity contribution in [1.82, 2.24) is 29.7 Å². The first-order valence-electron chi connectivity index (χ1n) is 17.7. The fraction of sp³-hybridized carbons (Fsp3) is 0.415. The number of rotatable bonds is 9. The number of nitrogens with zero attached hydrogens (tertiary/aromatic N) is 4. The highest BCUT2D eigenvalue weighted by Crippen LogP contribution is 2.40. The lowest BCUT2D eigenvalue weighted by Gasteiger charge is -2.31. The van der Waals surface area contributed by atoms with Crippen molar-refractivity contribution in [2.75, 3.05) is 0 Å². The van der Waals surface area contributed by atoms with Gasteiger partial charge in [-0.2, -0.15) is 0 Å². The Morgan fingerprint density at radius 2 is 1.60 bits per heavy atom. The zero-order chi connectivity index (χ0) is 37.4. The number of carbonyl (C=O) groups excluding carboxylic acids is 2. The van der Waals surface area contributed by atoms with E-state index in [4.69, 9.17) is 20.9 Å². The molecule has 4 unspecified atom stereocenters. The van der Waals surface area contributed by atoms with E-state index in [1.807, 2.05) is 65.9 Å². The number of ether oxygens (including phenoxy) is 2. The van der Waals surface area contributed by atoms with Crippen LogP contribution in [0.3, 0.4) is 0 Å². The summed E-state index contributed by atoms with van der Waals surface area (Å²) in [5.41, 5.74) is 4.48. The summed E-state index contributed by atoms with van der Waals surface area (Å²) in [6, 6.07) is 16.2. The number of imidazole rings is 2. The predicted octanol–water partition coefficient (Wildman–Crippen LogP) is 9.67. The number of likely N-dealkylation sites (tertiary alicyclic amines) is 1. The van der Waals surface area contributed by atoms with Gasteiger partial charge in [0.1, 0.15) is 33.1 Å². The number of benzene rings is 2. The monoisotopic (exact) mass is 766 g/mol. The molecule has 4 aromatic rings. The number of aromatic amines is 2. The van der Waals surface area contributed by atoms with Gasteiger partial charge >= 0.3 is 12.2 Å². The van der Waals surface area contributed by atoms with Gasteiger partial charge in [-0.15, -0.1) is 18.9 Å². The van der Waals surface area contributed by atoms with Crippen LogP contribution < -0.4 is 0 Å². The lowest BCUT2D eigenvalue weighted by Crippen LogP contribution is -2.41. The summed E-state index contributed by atoms with van der Waals surface area (Å²) < 4.78 is 12.2. The lowest BCUT2D eigenvalue weighted by molar-refractivity contribution is 0.0139. The first-order chi connectivity index (χ1) is 24.6. The van der Waals surface area contributed by atoms with Crippen molar-refractivity contribution < 1.29 is 19.1 Å². The molecular formula is C41H47BrN6O4. The molecule has 10 nitrogen and oxygen atoms in total. The van der Waals surface area contributed by atoms with Crippen LogP contribution in [0.2, 0.25) is 0 Å². The van der Waals surface area contributed by atoms with E-state index in [9.17, 15) is 9.59 Å². The molecule has 52 heavy (non-hydrogen) atoms. The molecule has 2 aromatic heterocycles. The van der Waals surface area contributed by atoms with E-state index in [1.165, 1.54) is 0 Å². The minimum absolute atomic E-state index is 0.0504. The second-order valence-electron chi connectivity index (χ2n) is 15.5. The number of nitrogens with one attached hydrogen (secondary N) is 2. The number of terminal acetylenes is 1. The number of aromatic nitrogens is 4. The molecule has 1 aliphatic carbocycles. The summed E-state index contributed by atoms with van der Waals surface area (Å²) in [4.78, 5) is 46.1. The Hall–Kier alpha value is -4.82. The highest BCUT2D eigenvalue weighted by Gasteiger charge is 2.44. The van der Waals surface area contributed by atoms with Gasteiger partial charge in [0.15, 0.2) is 0 Å². The molecule has 3 heterocycles. The van der Waals surface area contributed by atoms with Gasteiger partial charge in [-0.3, -0.25) is 9.80 Å². The highest BCUT2D eigenvalue weighted by molar-refractivity contribution is 9.10. The Labute approximate surface area is 314 Å². The van der Waals surface area contributed by atoms with Crippen molar-refractivity contribution in [3.63, 3.8) is 0 Å². The summed E-state index contributed by atoms with van der Waals surface area (Å²) in [6.45, 7) is 15.4. The SMILES string of the molecule is C#CCC1CCC(c2ncc(-c3ccc(-c4ccc(-c5nc(CN(C(=O)OC(C)(C)C)C6CC6C=C)[nH]c5Br)cc4)cc3)[nH]2)N1C(=O)OC(C)(C)C. The maximum Gasteiger partial charge on any atom is 0.411 e. The smallest absolute Gasteiger partial charge is 0.411 e. The third kappa shape index (κ3) is 8.45. The Kier molecular flexibility index (Phi) is 10.4. The summed E-state index contributed by atoms with van der Waals surface area (Å²) in [6.07, 6.45) is 11.5. The van der Waals surface area contributed by atoms with Crippen LogP contribution in [0.4, 0.5) is 9.59 Å². The van der Waals surface area contributed by atoms with Crippen molar-refractivity contribution in [3.05, 3.63) is 83.6 Å². The first kappa shape index (κ1) is 37.0. The van der Waals surface area contributed by atoms with Crippen molar-refractivity contribution >= 4 is 28.1 Å². The zero-order valence-electron chi connectivity index (χ0n) is 30.7. The molecule has 2 aromatic carbocycles. The summed E-state index contributed by atoms with van der Waals surface area (Å²) in [5, 5.41) is 0. The predicted molar refractivity (Wildman–Crippen MR) is 206 cm³/mol. The Morgan fingerprint density at radius 3 is 2.17 bits per heavy atom. The van der Waals surface area contributed by atoms with Crippen LogP contribution in [0.25, 0.3) is 33.6 Å². The van der Waals surface area contributed by atoms with Crippen LogP contribution in [0.5, 0.6) is 0 Å². The number of hydrogen-bond acceptors (Lipinski definition) is 6. The van der Waals surface area contributed by atoms with Gasteiger partial charge in [-0.05, 0) is 99.3 Å². The average molecular weight is 768 g/mol. The minimum Gasteiger partial charge on any atom is -0.444 e. The van der Waals surface area contributed by atoms with E-state index in [2.05, 4.69) is 79.8 Å². The molecule has 2 amide bonds. The van der Waals surface area contributed by atoms with Crippen LogP contribution in [-0.2, 0) is 16.0 Å². The molecule has 1 aliphatic heterocycles. The van der Waals surface area contributed by atoms with Gasteiger partial charge in [0.05, 0.1) is 24.5 Å². The number of halogens is 1. The molecule has 0 radical (unpaired) electrons. The van der Waals surface area contributed by atoms with Crippen molar-refractivity contribution in [2.24, 2.45) is 5.92 Å². The maximum absolute atomic E-state index is 13.2. The summed E-state index contributed by atoms with van der Waals surface area (Å²) >= 11 is 3.65. The second kappa shape index (κ2) is 14.7. The molecule has 272 valence electrons. The number of H-pyrrole nitrogens is 2. The number of amides is 2. The first-order valence-corrected chi connectivity index (χ1v) is 18.5. The van der Waals surface area contributed by atoms with Gasteiger partial charge in [0.25, 0.3) is 0 Å². The zero-order valence-corrected chi connectivity index (χ0v) is 32.3. The molecule has 2 N–H and O–H groups in total. The summed E-state index contributed by atoms with van der Waals surface area (Å²) in [7, 11) is 0. The summed E-state index contributed by atoms with van der Waals surface area (Å²) in [5.74, 6) is 4.36. The molecular weight excluding hydrogens is 720 g/mol. The third-order valence-corrected chi connectivity index (χ3v) is 9.80. The molecule has 2 aliphatic rings. The van der Waals surface area contributed by atoms with Gasteiger partial charge in [0, 0.05) is 24.1 Å². The van der Waals surface area contributed by atoms with E-state index in [1.54, 1.807) is 9.80 Å². The third-order valence-electron chi connectivity index (χ3n) is 9.22. The Morgan fingerprint density at radius 1 is 0.981 bits per heavy atom. The molecule has 0 spiro atoms. The average Bonchev–Trinajstić information content (AvgIpc) is 3.35. The molecule has 0 bridgehead atoms. The van der Waals surface area contributed by atoms with Gasteiger partial charge in [-0.25, -0.2) is 19.6 Å². The van der Waals surface area contributed by atoms with Crippen molar-refractivity contribution in [2.45, 2.75) is 103 Å². The maximum atomic E-state index is 13.2. The fourth-order valence-corrected chi connectivity index (χ4v) is 7.22. The lowest BCUT2D eigenvalue weighted by atomic mass is 10.0. The molecule has 11 heteroatoms. The molecule has 4 atom stereocenters. The van der Waals surface area contributed by atoms with Gasteiger partial charge < -0.3 is 19.4 Å². The van der Waals surface area contributed by atoms with Crippen molar-refractivity contribution in [1.29, 1.82) is 0 Å². The van der Waals surface area contributed by atoms with E-state index in [0.717, 1.165) is 63.3 Å². The van der Waals surface area contributed by atoms with Crippen molar-refractivity contribution in [3.8, 4) is 46.0 Å². The van der Waals surface area contributed by atoms with Gasteiger partial charge in [-0.1, -0.05) is 54.6 Å². The fourth-order valence-electron chi connectivity index (χ4n) is 6.67. The second-order valence-corrected chi connectivity index (χ2v) is 16.3. The highest BCUT2D eigenvalue weighted by atomic mass is 79.9. The number of carbonyl (C=O) groups is 2. The van der Waals surface area contributed by atoms with Gasteiger partial charge in [0.2, 0.25) is 0 Å². The molecule has 1 saturated heterocycles. The van der Waals surface area contributed by atoms with E-state index < -0.39 is 11.2 Å². The van der Waals surface area contributed by atoms with Crippen LogP contribution >= 0.6 is 15.9 Å². The van der Waals surface area contributed by atoms with Crippen LogP contribution in [-0.4, -0.2) is 65.2 Å². The van der Waals surface area contributed by atoms with Crippen LogP contribution in [0.1, 0.15) is 84.9 Å². The Bertz CT molecular complexity index is 1960. The largest absolute Gasteiger partial charge is 0.444 e. The molecule has 6 rings (SSSR count). The quantitative estimate of drug-likeness (QED) is 0.130. The minimum atomic E-state index is -0.612.